The molecule has 2 aliphatic rings. The first kappa shape index (κ1) is 11.8. The summed E-state index contributed by atoms with van der Waals surface area (Å²) in [6, 6.07) is 5.12. The van der Waals surface area contributed by atoms with Gasteiger partial charge in [0.2, 0.25) is 0 Å². The number of nitrogens with zero attached hydrogens (tertiary/aromatic N) is 1. The van der Waals surface area contributed by atoms with Crippen LogP contribution in [0.4, 0.5) is 15.8 Å². The molecule has 0 aromatic heterocycles. The average molecular weight is 248 g/mol. The first-order chi connectivity index (χ1) is 8.75. The Kier molecular flexibility index (Phi) is 2.92. The van der Waals surface area contributed by atoms with Crippen LogP contribution in [0.1, 0.15) is 39.0 Å². The van der Waals surface area contributed by atoms with E-state index < -0.39 is 0 Å². The summed E-state index contributed by atoms with van der Waals surface area (Å²) < 4.78 is 13.3. The number of rotatable bonds is 1. The summed E-state index contributed by atoms with van der Waals surface area (Å²) in [5.74, 6) is -0.156. The fourth-order valence-corrected chi connectivity index (χ4v) is 3.66. The molecule has 0 saturated heterocycles. The second-order valence-corrected chi connectivity index (χ2v) is 5.54. The van der Waals surface area contributed by atoms with Gasteiger partial charge >= 0.3 is 0 Å². The summed E-state index contributed by atoms with van der Waals surface area (Å²) in [4.78, 5) is 2.50. The van der Waals surface area contributed by atoms with E-state index in [4.69, 9.17) is 0 Å². The maximum absolute atomic E-state index is 13.3. The molecule has 1 aliphatic carbocycles. The Balaban J connectivity index is 2.00. The summed E-state index contributed by atoms with van der Waals surface area (Å²) >= 11 is 0. The summed E-state index contributed by atoms with van der Waals surface area (Å²) in [6.07, 6.45) is 6.49. The van der Waals surface area contributed by atoms with Crippen LogP contribution in [-0.2, 0) is 0 Å². The Hall–Kier alpha value is -1.25. The fourth-order valence-electron chi connectivity index (χ4n) is 3.66. The molecule has 98 valence electrons. The molecule has 0 amide bonds. The van der Waals surface area contributed by atoms with Crippen LogP contribution in [0.15, 0.2) is 18.2 Å². The molecule has 3 rings (SSSR count). The molecule has 0 atom stereocenters. The van der Waals surface area contributed by atoms with Crippen molar-refractivity contribution in [3.63, 3.8) is 0 Å². The first-order valence-electron chi connectivity index (χ1n) is 7.06. The van der Waals surface area contributed by atoms with Crippen molar-refractivity contribution in [1.82, 2.24) is 0 Å². The van der Waals surface area contributed by atoms with Crippen molar-refractivity contribution in [1.29, 1.82) is 0 Å². The number of fused-ring (bicyclic) bond motifs is 1. The van der Waals surface area contributed by atoms with E-state index in [1.807, 2.05) is 6.07 Å². The molecule has 1 aliphatic heterocycles. The molecule has 1 N–H and O–H groups in total. The first-order valence-corrected chi connectivity index (χ1v) is 7.06. The number of benzene rings is 1. The molecular weight excluding hydrogens is 227 g/mol. The third-order valence-corrected chi connectivity index (χ3v) is 4.53. The largest absolute Gasteiger partial charge is 0.381 e. The molecular formula is C15H21FN2. The van der Waals surface area contributed by atoms with E-state index in [-0.39, 0.29) is 11.4 Å². The van der Waals surface area contributed by atoms with Crippen molar-refractivity contribution in [3.8, 4) is 0 Å². The number of hydrogen-bond acceptors (Lipinski definition) is 2. The maximum Gasteiger partial charge on any atom is 0.125 e. The van der Waals surface area contributed by atoms with Crippen LogP contribution in [0.3, 0.4) is 0 Å². The summed E-state index contributed by atoms with van der Waals surface area (Å²) in [7, 11) is 0. The number of anilines is 2. The van der Waals surface area contributed by atoms with Gasteiger partial charge in [0.1, 0.15) is 5.82 Å². The zero-order chi connectivity index (χ0) is 12.6. The van der Waals surface area contributed by atoms with Crippen molar-refractivity contribution in [2.75, 3.05) is 23.3 Å². The monoisotopic (exact) mass is 248 g/mol. The highest BCUT2D eigenvalue weighted by Gasteiger charge is 2.40. The van der Waals surface area contributed by atoms with Crippen LogP contribution >= 0.6 is 0 Å². The van der Waals surface area contributed by atoms with Crippen molar-refractivity contribution < 1.29 is 4.39 Å². The van der Waals surface area contributed by atoms with Crippen LogP contribution < -0.4 is 10.2 Å². The number of halogens is 1. The molecule has 1 fully saturated rings. The van der Waals surface area contributed by atoms with Gasteiger partial charge in [-0.3, -0.25) is 0 Å². The fraction of sp³-hybridized carbons (Fsp3) is 0.600. The molecule has 1 saturated carbocycles. The normalized spacial score (nSPS) is 21.6. The van der Waals surface area contributed by atoms with Gasteiger partial charge in [-0.05, 0) is 38.0 Å². The Labute approximate surface area is 108 Å². The second kappa shape index (κ2) is 4.45. The summed E-state index contributed by atoms with van der Waals surface area (Å²) in [5.41, 5.74) is 2.39. The van der Waals surface area contributed by atoms with Gasteiger partial charge in [0.25, 0.3) is 0 Å². The maximum atomic E-state index is 13.3. The van der Waals surface area contributed by atoms with Gasteiger partial charge in [-0.1, -0.05) is 19.3 Å². The summed E-state index contributed by atoms with van der Waals surface area (Å²) in [6.45, 7) is 4.16. The van der Waals surface area contributed by atoms with Crippen molar-refractivity contribution >= 4 is 11.4 Å². The van der Waals surface area contributed by atoms with Crippen LogP contribution in [0.5, 0.6) is 0 Å². The number of nitrogens with one attached hydrogen (secondary N) is 1. The van der Waals surface area contributed by atoms with Gasteiger partial charge in [-0.2, -0.15) is 0 Å². The topological polar surface area (TPSA) is 15.3 Å². The molecule has 0 radical (unpaired) electrons. The zero-order valence-electron chi connectivity index (χ0n) is 11.0. The number of hydrogen-bond donors (Lipinski definition) is 1. The van der Waals surface area contributed by atoms with Gasteiger partial charge in [0.15, 0.2) is 0 Å². The van der Waals surface area contributed by atoms with Gasteiger partial charge < -0.3 is 10.2 Å². The quantitative estimate of drug-likeness (QED) is 0.813. The van der Waals surface area contributed by atoms with Gasteiger partial charge in [-0.25, -0.2) is 4.39 Å². The standard InChI is InChI=1S/C15H21FN2/c1-2-18-14-7-6-12(16)10-13(14)17-11-15(18)8-4-3-5-9-15/h6-7,10,17H,2-5,8-9,11H2,1H3. The smallest absolute Gasteiger partial charge is 0.125 e. The lowest BCUT2D eigenvalue weighted by Crippen LogP contribution is -2.57. The Morgan fingerprint density at radius 1 is 1.28 bits per heavy atom. The molecule has 0 bridgehead atoms. The lowest BCUT2D eigenvalue weighted by atomic mass is 9.78. The van der Waals surface area contributed by atoms with Crippen molar-refractivity contribution in [2.45, 2.75) is 44.6 Å². The van der Waals surface area contributed by atoms with E-state index >= 15 is 0 Å². The van der Waals surface area contributed by atoms with E-state index in [0.717, 1.165) is 18.8 Å². The predicted molar refractivity (Wildman–Crippen MR) is 73.7 cm³/mol. The highest BCUT2D eigenvalue weighted by Crippen LogP contribution is 2.43. The van der Waals surface area contributed by atoms with Gasteiger partial charge in [0.05, 0.1) is 16.9 Å². The van der Waals surface area contributed by atoms with Crippen LogP contribution in [0.25, 0.3) is 0 Å². The van der Waals surface area contributed by atoms with E-state index in [9.17, 15) is 4.39 Å². The molecule has 3 heteroatoms. The highest BCUT2D eigenvalue weighted by atomic mass is 19.1. The van der Waals surface area contributed by atoms with Crippen molar-refractivity contribution in [2.24, 2.45) is 0 Å². The van der Waals surface area contributed by atoms with E-state index in [1.165, 1.54) is 37.8 Å². The third kappa shape index (κ3) is 1.76. The lowest BCUT2D eigenvalue weighted by Gasteiger charge is -2.51. The molecule has 1 aromatic carbocycles. The van der Waals surface area contributed by atoms with E-state index in [1.54, 1.807) is 12.1 Å². The lowest BCUT2D eigenvalue weighted by molar-refractivity contribution is 0.285. The predicted octanol–water partition coefficient (Wildman–Crippen LogP) is 3.78. The minimum atomic E-state index is -0.156. The minimum Gasteiger partial charge on any atom is -0.381 e. The number of likely N-dealkylation sites (N-methyl/N-ethyl adjacent to an activating group) is 1. The molecule has 2 nitrogen and oxygen atoms in total. The SMILES string of the molecule is CCN1c2ccc(F)cc2NCC12CCCCC2. The van der Waals surface area contributed by atoms with Gasteiger partial charge in [0, 0.05) is 13.1 Å². The summed E-state index contributed by atoms with van der Waals surface area (Å²) in [5, 5.41) is 3.45. The van der Waals surface area contributed by atoms with E-state index in [0.29, 0.717) is 0 Å². The molecule has 1 heterocycles. The molecule has 18 heavy (non-hydrogen) atoms. The highest BCUT2D eigenvalue weighted by molar-refractivity contribution is 5.74. The average Bonchev–Trinajstić information content (AvgIpc) is 2.40. The zero-order valence-corrected chi connectivity index (χ0v) is 11.0. The van der Waals surface area contributed by atoms with Crippen molar-refractivity contribution in [3.05, 3.63) is 24.0 Å². The van der Waals surface area contributed by atoms with Gasteiger partial charge in [-0.15, -0.1) is 0 Å². The van der Waals surface area contributed by atoms with Crippen LogP contribution in [-0.4, -0.2) is 18.6 Å². The molecule has 0 unspecified atom stereocenters. The van der Waals surface area contributed by atoms with Crippen LogP contribution in [0.2, 0.25) is 0 Å². The molecule has 1 aromatic rings. The second-order valence-electron chi connectivity index (χ2n) is 5.54. The molecule has 1 spiro atoms. The van der Waals surface area contributed by atoms with E-state index in [2.05, 4.69) is 17.1 Å². The minimum absolute atomic E-state index is 0.156. The third-order valence-electron chi connectivity index (χ3n) is 4.53. The Morgan fingerprint density at radius 2 is 2.06 bits per heavy atom. The Bertz CT molecular complexity index is 438. The van der Waals surface area contributed by atoms with Crippen LogP contribution in [0, 0.1) is 5.82 Å². The Morgan fingerprint density at radius 3 is 2.78 bits per heavy atom.